The van der Waals surface area contributed by atoms with Crippen LogP contribution in [0.2, 0.25) is 0 Å². The quantitative estimate of drug-likeness (QED) is 0.191. The van der Waals surface area contributed by atoms with E-state index in [4.69, 9.17) is 11.5 Å². The van der Waals surface area contributed by atoms with E-state index in [9.17, 15) is 0 Å². The van der Waals surface area contributed by atoms with Crippen molar-refractivity contribution in [2.24, 2.45) is 11.5 Å². The van der Waals surface area contributed by atoms with E-state index in [1.54, 1.807) is 0 Å². The lowest BCUT2D eigenvalue weighted by Gasteiger charge is -2.14. The monoisotopic (exact) mass is 431 g/mol. The van der Waals surface area contributed by atoms with E-state index in [2.05, 4.69) is 22.9 Å². The third-order valence-electron chi connectivity index (χ3n) is 3.33. The zero-order valence-corrected chi connectivity index (χ0v) is 18.3. The molecule has 0 aliphatic rings. The molecule has 0 bridgehead atoms. The summed E-state index contributed by atoms with van der Waals surface area (Å²) in [4.78, 5) is 0. The van der Waals surface area contributed by atoms with Gasteiger partial charge in [-0.15, -0.1) is 49.6 Å². The summed E-state index contributed by atoms with van der Waals surface area (Å²) >= 11 is 0. The molecule has 0 rings (SSSR count). The van der Waals surface area contributed by atoms with Gasteiger partial charge in [-0.25, -0.2) is 0 Å². The first kappa shape index (κ1) is 36.0. The highest BCUT2D eigenvalue weighted by molar-refractivity contribution is 5.86. The van der Waals surface area contributed by atoms with Crippen LogP contribution in [0.15, 0.2) is 0 Å². The zero-order chi connectivity index (χ0) is 14.9. The largest absolute Gasteiger partial charge is 0.330 e. The molecule has 0 spiro atoms. The number of hydrogen-bond donors (Lipinski definition) is 5. The van der Waals surface area contributed by atoms with E-state index in [0.29, 0.717) is 0 Å². The highest BCUT2D eigenvalue weighted by atomic mass is 35.5. The lowest BCUT2D eigenvalue weighted by atomic mass is 10.2. The Morgan fingerprint density at radius 1 is 0.708 bits per heavy atom. The van der Waals surface area contributed by atoms with Crippen LogP contribution in [0.5, 0.6) is 0 Å². The first-order chi connectivity index (χ1) is 9.81. The Balaban J connectivity index is -0.000000301. The van der Waals surface area contributed by atoms with Crippen LogP contribution >= 0.6 is 49.6 Å². The number of rotatable bonds is 16. The fourth-order valence-electron chi connectivity index (χ4n) is 1.97. The maximum absolute atomic E-state index is 6.01. The van der Waals surface area contributed by atoms with Crippen molar-refractivity contribution in [3.63, 3.8) is 0 Å². The van der Waals surface area contributed by atoms with Gasteiger partial charge in [0.15, 0.2) is 0 Å². The third-order valence-corrected chi connectivity index (χ3v) is 3.33. The molecule has 0 heterocycles. The van der Waals surface area contributed by atoms with Crippen LogP contribution in [0, 0.1) is 0 Å². The Hall–Kier alpha value is 0.960. The number of hydrogen-bond acceptors (Lipinski definition) is 5. The van der Waals surface area contributed by atoms with Gasteiger partial charge >= 0.3 is 0 Å². The molecule has 0 saturated heterocycles. The summed E-state index contributed by atoms with van der Waals surface area (Å²) in [6, 6.07) is 0. The summed E-state index contributed by atoms with van der Waals surface area (Å²) in [7, 11) is 0. The summed E-state index contributed by atoms with van der Waals surface area (Å²) in [5.74, 6) is 0. The average Bonchev–Trinajstić information content (AvgIpc) is 2.45. The van der Waals surface area contributed by atoms with Crippen LogP contribution in [0.3, 0.4) is 0 Å². The predicted molar refractivity (Wildman–Crippen MR) is 118 cm³/mol. The van der Waals surface area contributed by atoms with Crippen molar-refractivity contribution in [3.05, 3.63) is 0 Å². The molecule has 7 N–H and O–H groups in total. The smallest absolute Gasteiger partial charge is 0.0558 e. The van der Waals surface area contributed by atoms with E-state index in [-0.39, 0.29) is 55.8 Å². The van der Waals surface area contributed by atoms with Gasteiger partial charge in [-0.1, -0.05) is 13.3 Å². The summed E-state index contributed by atoms with van der Waals surface area (Å²) in [5.41, 5.74) is 11.5. The molecule has 0 radical (unpaired) electrons. The molecule has 9 heteroatoms. The first-order valence-electron chi connectivity index (χ1n) is 8.41. The molecule has 154 valence electrons. The number of halogens is 4. The normalized spacial score (nSPS) is 10.6. The summed E-state index contributed by atoms with van der Waals surface area (Å²) in [6.07, 6.45) is 8.32. The minimum Gasteiger partial charge on any atom is -0.330 e. The molecular formula is C15H41Cl4N5. The maximum Gasteiger partial charge on any atom is 0.0558 e. The molecule has 0 saturated carbocycles. The zero-order valence-electron chi connectivity index (χ0n) is 15.1. The van der Waals surface area contributed by atoms with E-state index in [0.717, 1.165) is 58.5 Å². The van der Waals surface area contributed by atoms with Gasteiger partial charge in [-0.2, -0.15) is 0 Å². The van der Waals surface area contributed by atoms with Crippen LogP contribution < -0.4 is 27.4 Å². The lowest BCUT2D eigenvalue weighted by molar-refractivity contribution is 0.461. The first-order valence-corrected chi connectivity index (χ1v) is 8.41. The molecule has 5 nitrogen and oxygen atoms in total. The van der Waals surface area contributed by atoms with Crippen molar-refractivity contribution in [1.82, 2.24) is 16.0 Å². The molecule has 1 atom stereocenters. The minimum atomic E-state index is 0. The van der Waals surface area contributed by atoms with Crippen molar-refractivity contribution in [1.29, 1.82) is 0 Å². The molecule has 0 aliphatic carbocycles. The number of nitrogens with two attached hydrogens (primary N) is 2. The Morgan fingerprint density at radius 3 is 1.79 bits per heavy atom. The average molecular weight is 433 g/mol. The third kappa shape index (κ3) is 30.8. The van der Waals surface area contributed by atoms with Gasteiger partial charge in [0.25, 0.3) is 0 Å². The van der Waals surface area contributed by atoms with Crippen molar-refractivity contribution < 1.29 is 0 Å². The second-order valence-corrected chi connectivity index (χ2v) is 5.41. The van der Waals surface area contributed by atoms with Gasteiger partial charge in [-0.3, -0.25) is 0 Å². The SMILES string of the molecule is CCCCNCCCCNC(N)CCNCCCCN.Cl.Cl.Cl.Cl. The van der Waals surface area contributed by atoms with Crippen molar-refractivity contribution >= 4 is 49.6 Å². The standard InChI is InChI=1S/C15H37N5.4ClH/c1-2-3-10-18-12-6-7-13-20-15(17)8-14-19-11-5-4-9-16;;;;/h15,18-20H,2-14,16-17H2,1H3;4*1H. The van der Waals surface area contributed by atoms with E-state index in [1.807, 2.05) is 0 Å². The van der Waals surface area contributed by atoms with Crippen LogP contribution in [0.4, 0.5) is 0 Å². The van der Waals surface area contributed by atoms with Crippen molar-refractivity contribution in [2.75, 3.05) is 39.3 Å². The van der Waals surface area contributed by atoms with Crippen LogP contribution in [0.1, 0.15) is 51.9 Å². The molecular weight excluding hydrogens is 392 g/mol. The molecule has 0 aromatic heterocycles. The maximum atomic E-state index is 6.01. The molecule has 0 amide bonds. The van der Waals surface area contributed by atoms with Gasteiger partial charge in [-0.05, 0) is 77.8 Å². The van der Waals surface area contributed by atoms with Crippen LogP contribution in [-0.4, -0.2) is 45.4 Å². The molecule has 0 aromatic rings. The highest BCUT2D eigenvalue weighted by Gasteiger charge is 2.00. The Bertz CT molecular complexity index is 193. The fourth-order valence-corrected chi connectivity index (χ4v) is 1.97. The van der Waals surface area contributed by atoms with Crippen LogP contribution in [-0.2, 0) is 0 Å². The molecule has 0 aliphatic heterocycles. The van der Waals surface area contributed by atoms with E-state index < -0.39 is 0 Å². The summed E-state index contributed by atoms with van der Waals surface area (Å²) < 4.78 is 0. The second kappa shape index (κ2) is 31.7. The van der Waals surface area contributed by atoms with Gasteiger partial charge in [0, 0.05) is 0 Å². The topological polar surface area (TPSA) is 88.1 Å². The lowest BCUT2D eigenvalue weighted by Crippen LogP contribution is -2.40. The fraction of sp³-hybridized carbons (Fsp3) is 1.00. The Kier molecular flexibility index (Phi) is 47.5. The van der Waals surface area contributed by atoms with Crippen molar-refractivity contribution in [2.45, 2.75) is 58.0 Å². The van der Waals surface area contributed by atoms with Gasteiger partial charge in [0.2, 0.25) is 0 Å². The highest BCUT2D eigenvalue weighted by Crippen LogP contribution is 1.89. The molecule has 1 unspecified atom stereocenters. The predicted octanol–water partition coefficient (Wildman–Crippen LogP) is 2.44. The summed E-state index contributed by atoms with van der Waals surface area (Å²) in [6.45, 7) is 8.34. The molecule has 0 fully saturated rings. The molecule has 24 heavy (non-hydrogen) atoms. The summed E-state index contributed by atoms with van der Waals surface area (Å²) in [5, 5.41) is 10.2. The minimum absolute atomic E-state index is 0. The second-order valence-electron chi connectivity index (χ2n) is 5.41. The molecule has 0 aromatic carbocycles. The van der Waals surface area contributed by atoms with Crippen LogP contribution in [0.25, 0.3) is 0 Å². The Labute approximate surface area is 174 Å². The van der Waals surface area contributed by atoms with Gasteiger partial charge in [0.1, 0.15) is 0 Å². The number of nitrogens with one attached hydrogen (secondary N) is 3. The van der Waals surface area contributed by atoms with Gasteiger partial charge in [0.05, 0.1) is 6.17 Å². The Morgan fingerprint density at radius 2 is 1.21 bits per heavy atom. The van der Waals surface area contributed by atoms with E-state index >= 15 is 0 Å². The number of unbranched alkanes of at least 4 members (excludes halogenated alkanes) is 3. The van der Waals surface area contributed by atoms with Gasteiger partial charge < -0.3 is 27.4 Å². The van der Waals surface area contributed by atoms with E-state index in [1.165, 1.54) is 25.7 Å². The van der Waals surface area contributed by atoms with Crippen molar-refractivity contribution in [3.8, 4) is 0 Å².